The Bertz CT molecular complexity index is 62.2. The summed E-state index contributed by atoms with van der Waals surface area (Å²) in [4.78, 5) is 21.6. The van der Waals surface area contributed by atoms with Crippen LogP contribution in [0.25, 0.3) is 0 Å². The zero-order valence-electron chi connectivity index (χ0n) is 3.03. The van der Waals surface area contributed by atoms with Crippen molar-refractivity contribution in [3.05, 3.63) is 0 Å². The van der Waals surface area contributed by atoms with Crippen molar-refractivity contribution < 1.29 is 62.2 Å². The van der Waals surface area contributed by atoms with E-state index in [-0.39, 0.29) is 91.9 Å². The topological polar surface area (TPSA) is 77.8 Å². The van der Waals surface area contributed by atoms with Gasteiger partial charge in [0.15, 0.2) is 0 Å². The summed E-state index contributed by atoms with van der Waals surface area (Å²) >= 11 is 0. The van der Waals surface area contributed by atoms with Gasteiger partial charge in [-0.1, -0.05) is 0 Å². The van der Waals surface area contributed by atoms with E-state index in [1.807, 2.05) is 0 Å². The molecule has 49 valence electrons. The summed E-state index contributed by atoms with van der Waals surface area (Å²) in [7, 11) is -4.64. The Morgan fingerprint density at radius 1 is 1.12 bits per heavy atom. The van der Waals surface area contributed by atoms with Crippen LogP contribution in [0.1, 0.15) is 0 Å². The van der Waals surface area contributed by atoms with Crippen molar-refractivity contribution in [1.29, 1.82) is 0 Å². The Morgan fingerprint density at radius 2 is 1.12 bits per heavy atom. The van der Waals surface area contributed by atoms with Crippen LogP contribution in [0.15, 0.2) is 0 Å². The van der Waals surface area contributed by atoms with Gasteiger partial charge in [-0.05, 0) is 0 Å². The third-order valence-electron chi connectivity index (χ3n) is 0. The monoisotopic (exact) mass is 387 g/mol. The molecule has 0 aromatic heterocycles. The second-order valence-electron chi connectivity index (χ2n) is 0.513. The van der Waals surface area contributed by atoms with E-state index in [0.29, 0.717) is 0 Å². The van der Waals surface area contributed by atoms with Gasteiger partial charge in [0, 0.05) is 43.0 Å². The minimum Gasteiger partial charge on any atom is 0 e. The van der Waals surface area contributed by atoms with Crippen LogP contribution >= 0.6 is 7.82 Å². The molecule has 0 aliphatic carbocycles. The molecular formula is H5BaCoO4PZr. The van der Waals surface area contributed by atoms with E-state index in [2.05, 4.69) is 0 Å². The molecule has 0 unspecified atom stereocenters. The fraction of sp³-hybridized carbons (Fsp3) is 0. The fourth-order valence-corrected chi connectivity index (χ4v) is 0. The molecule has 0 aromatic carbocycles. The Balaban J connectivity index is -0.0000000267. The largest absolute Gasteiger partial charge is 0 e. The van der Waals surface area contributed by atoms with Crippen molar-refractivity contribution in [2.45, 2.75) is 0 Å². The summed E-state index contributed by atoms with van der Waals surface area (Å²) in [6, 6.07) is 0. The number of hydrogen-bond donors (Lipinski definition) is 3. The molecule has 0 bridgehead atoms. The molecule has 8 heavy (non-hydrogen) atoms. The number of rotatable bonds is 0. The maximum absolute atomic E-state index is 8.88. The quantitative estimate of drug-likeness (QED) is 0.337. The minimum absolute atomic E-state index is 0. The van der Waals surface area contributed by atoms with Gasteiger partial charge < -0.3 is 14.7 Å². The maximum atomic E-state index is 8.88. The third kappa shape index (κ3) is 62.7. The summed E-state index contributed by atoms with van der Waals surface area (Å²) < 4.78 is 8.88. The van der Waals surface area contributed by atoms with Crippen LogP contribution in [0.2, 0.25) is 0 Å². The van der Waals surface area contributed by atoms with Gasteiger partial charge in [0.05, 0.1) is 0 Å². The SMILES string of the molecule is O=P(O)(O)O.[BaH2].[Co].[Zr]. The van der Waals surface area contributed by atoms with Gasteiger partial charge >= 0.3 is 56.7 Å². The van der Waals surface area contributed by atoms with Crippen LogP contribution in [-0.4, -0.2) is 63.6 Å². The van der Waals surface area contributed by atoms with Crippen LogP contribution in [0, 0.1) is 0 Å². The first-order valence-electron chi connectivity index (χ1n) is 0.783. The molecule has 0 spiro atoms. The summed E-state index contributed by atoms with van der Waals surface area (Å²) in [6.45, 7) is 0. The normalized spacial score (nSPS) is 7.38. The second kappa shape index (κ2) is 10.1. The Hall–Kier alpha value is 3.07. The first kappa shape index (κ1) is 22.5. The molecule has 3 N–H and O–H groups in total. The van der Waals surface area contributed by atoms with Gasteiger partial charge in [-0.25, -0.2) is 4.57 Å². The van der Waals surface area contributed by atoms with E-state index >= 15 is 0 Å². The standard InChI is InChI=1S/Ba.Co.H3O4P.Zr.2H/c;;1-5(2,3)4;;;/h;;(H3,1,2,3,4);;;. The van der Waals surface area contributed by atoms with E-state index in [0.717, 1.165) is 0 Å². The van der Waals surface area contributed by atoms with Crippen molar-refractivity contribution in [1.82, 2.24) is 0 Å². The van der Waals surface area contributed by atoms with E-state index < -0.39 is 7.82 Å². The number of phosphoric acid groups is 1. The van der Waals surface area contributed by atoms with Crippen LogP contribution in [0.5, 0.6) is 0 Å². The predicted octanol–water partition coefficient (Wildman–Crippen LogP) is -1.85. The Kier molecular flexibility index (Phi) is 28.3. The van der Waals surface area contributed by atoms with Gasteiger partial charge in [0.25, 0.3) is 0 Å². The summed E-state index contributed by atoms with van der Waals surface area (Å²) in [6.07, 6.45) is 0. The van der Waals surface area contributed by atoms with Crippen molar-refractivity contribution in [3.8, 4) is 0 Å². The van der Waals surface area contributed by atoms with Crippen LogP contribution in [0.4, 0.5) is 0 Å². The molecule has 0 fully saturated rings. The summed E-state index contributed by atoms with van der Waals surface area (Å²) in [5, 5.41) is 0. The molecule has 0 aliphatic heterocycles. The molecule has 0 aliphatic rings. The smallest absolute Gasteiger partial charge is 0 e. The van der Waals surface area contributed by atoms with Gasteiger partial charge in [-0.3, -0.25) is 0 Å². The van der Waals surface area contributed by atoms with Crippen LogP contribution < -0.4 is 0 Å². The molecule has 8 heteroatoms. The molecule has 0 rings (SSSR count). The first-order chi connectivity index (χ1) is 2.00. The van der Waals surface area contributed by atoms with Crippen LogP contribution in [-0.2, 0) is 47.5 Å². The molecule has 4 nitrogen and oxygen atoms in total. The first-order valence-corrected chi connectivity index (χ1v) is 2.35. The van der Waals surface area contributed by atoms with E-state index in [9.17, 15) is 0 Å². The van der Waals surface area contributed by atoms with Gasteiger partial charge in [-0.2, -0.15) is 0 Å². The molecule has 1 radical (unpaired) electrons. The molecule has 0 amide bonds. The maximum Gasteiger partial charge on any atom is 0 e. The molecule has 0 aromatic rings. The third-order valence-corrected chi connectivity index (χ3v) is 0. The van der Waals surface area contributed by atoms with Gasteiger partial charge in [-0.15, -0.1) is 0 Å². The van der Waals surface area contributed by atoms with Crippen molar-refractivity contribution in [3.63, 3.8) is 0 Å². The average molecular weight is 387 g/mol. The zero-order valence-corrected chi connectivity index (χ0v) is 7.42. The van der Waals surface area contributed by atoms with E-state index in [1.54, 1.807) is 0 Å². The Labute approximate surface area is 116 Å². The summed E-state index contributed by atoms with van der Waals surface area (Å²) in [5.74, 6) is 0. The zero-order chi connectivity index (χ0) is 4.50. The van der Waals surface area contributed by atoms with Crippen molar-refractivity contribution in [2.75, 3.05) is 0 Å². The van der Waals surface area contributed by atoms with Crippen molar-refractivity contribution >= 4 is 56.7 Å². The minimum atomic E-state index is -4.64. The van der Waals surface area contributed by atoms with E-state index in [1.165, 1.54) is 0 Å². The molecular weight excluding hydrogens is 382 g/mol. The second-order valence-corrected chi connectivity index (χ2v) is 1.54. The summed E-state index contributed by atoms with van der Waals surface area (Å²) in [5.41, 5.74) is 0. The van der Waals surface area contributed by atoms with Gasteiger partial charge in [0.1, 0.15) is 0 Å². The van der Waals surface area contributed by atoms with E-state index in [4.69, 9.17) is 19.2 Å². The fourth-order valence-electron chi connectivity index (χ4n) is 0. The molecule has 0 heterocycles. The van der Waals surface area contributed by atoms with Gasteiger partial charge in [0.2, 0.25) is 0 Å². The Morgan fingerprint density at radius 3 is 1.12 bits per heavy atom. The molecule has 0 saturated carbocycles. The predicted molar refractivity (Wildman–Crippen MR) is 22.8 cm³/mol. The molecule has 0 atom stereocenters. The van der Waals surface area contributed by atoms with Crippen molar-refractivity contribution in [2.24, 2.45) is 0 Å². The van der Waals surface area contributed by atoms with Crippen LogP contribution in [0.3, 0.4) is 0 Å². The number of hydrogen-bond acceptors (Lipinski definition) is 1. The average Bonchev–Trinajstić information content (AvgIpc) is 0.722. The molecule has 0 saturated heterocycles.